The third kappa shape index (κ3) is 3.62. The van der Waals surface area contributed by atoms with E-state index in [9.17, 15) is 4.79 Å². The smallest absolute Gasteiger partial charge is 0.227 e. The van der Waals surface area contributed by atoms with Crippen molar-refractivity contribution < 1.29 is 4.79 Å². The SMILES string of the molecule is C=C1CCC(C(C)C)C(=O)N1.CC. The Labute approximate surface area is 81.4 Å². The van der Waals surface area contributed by atoms with Gasteiger partial charge in [-0.15, -0.1) is 0 Å². The van der Waals surface area contributed by atoms with E-state index in [1.807, 2.05) is 13.8 Å². The van der Waals surface area contributed by atoms with Gasteiger partial charge in [0.25, 0.3) is 0 Å². The normalized spacial score (nSPS) is 22.1. The Morgan fingerprint density at radius 1 is 1.46 bits per heavy atom. The van der Waals surface area contributed by atoms with Gasteiger partial charge in [0.1, 0.15) is 0 Å². The molecule has 1 aliphatic heterocycles. The number of nitrogens with one attached hydrogen (secondary N) is 1. The van der Waals surface area contributed by atoms with Crippen molar-refractivity contribution in [2.75, 3.05) is 0 Å². The van der Waals surface area contributed by atoms with Crippen LogP contribution >= 0.6 is 0 Å². The van der Waals surface area contributed by atoms with E-state index in [-0.39, 0.29) is 11.8 Å². The highest BCUT2D eigenvalue weighted by atomic mass is 16.2. The summed E-state index contributed by atoms with van der Waals surface area (Å²) in [4.78, 5) is 11.3. The average Bonchev–Trinajstić information content (AvgIpc) is 2.07. The Hall–Kier alpha value is -0.790. The Morgan fingerprint density at radius 3 is 2.38 bits per heavy atom. The number of amides is 1. The molecule has 76 valence electrons. The molecule has 1 fully saturated rings. The van der Waals surface area contributed by atoms with Gasteiger partial charge in [-0.2, -0.15) is 0 Å². The highest BCUT2D eigenvalue weighted by Crippen LogP contribution is 2.23. The molecular formula is C11H21NO. The fraction of sp³-hybridized carbons (Fsp3) is 0.727. The predicted octanol–water partition coefficient (Wildman–Crippen LogP) is 2.71. The van der Waals surface area contributed by atoms with Gasteiger partial charge in [-0.1, -0.05) is 34.3 Å². The Bertz CT molecular complexity index is 185. The minimum atomic E-state index is 0.149. The van der Waals surface area contributed by atoms with Crippen molar-refractivity contribution in [3.63, 3.8) is 0 Å². The predicted molar refractivity (Wildman–Crippen MR) is 56.2 cm³/mol. The van der Waals surface area contributed by atoms with Crippen LogP contribution in [0.2, 0.25) is 0 Å². The fourth-order valence-corrected chi connectivity index (χ4v) is 1.43. The second-order valence-corrected chi connectivity index (χ2v) is 3.48. The third-order valence-corrected chi connectivity index (χ3v) is 2.20. The van der Waals surface area contributed by atoms with Crippen molar-refractivity contribution in [2.45, 2.75) is 40.5 Å². The molecule has 1 N–H and O–H groups in total. The second kappa shape index (κ2) is 5.79. The van der Waals surface area contributed by atoms with Crippen LogP contribution in [0.5, 0.6) is 0 Å². The summed E-state index contributed by atoms with van der Waals surface area (Å²) in [7, 11) is 0. The van der Waals surface area contributed by atoms with Crippen LogP contribution in [0.4, 0.5) is 0 Å². The highest BCUT2D eigenvalue weighted by Gasteiger charge is 2.25. The van der Waals surface area contributed by atoms with Crippen LogP contribution < -0.4 is 5.32 Å². The van der Waals surface area contributed by atoms with Gasteiger partial charge in [0.15, 0.2) is 0 Å². The Kier molecular flexibility index (Phi) is 5.44. The van der Waals surface area contributed by atoms with Gasteiger partial charge in [0, 0.05) is 11.6 Å². The van der Waals surface area contributed by atoms with E-state index in [1.54, 1.807) is 0 Å². The van der Waals surface area contributed by atoms with Crippen molar-refractivity contribution in [3.05, 3.63) is 12.3 Å². The minimum absolute atomic E-state index is 0.149. The molecule has 2 heteroatoms. The monoisotopic (exact) mass is 183 g/mol. The molecule has 0 aromatic carbocycles. The largest absolute Gasteiger partial charge is 0.330 e. The van der Waals surface area contributed by atoms with E-state index in [0.717, 1.165) is 18.5 Å². The van der Waals surface area contributed by atoms with Crippen LogP contribution in [0.1, 0.15) is 40.5 Å². The first-order valence-electron chi connectivity index (χ1n) is 5.10. The molecule has 1 saturated heterocycles. The molecule has 0 aromatic rings. The van der Waals surface area contributed by atoms with Crippen molar-refractivity contribution in [1.82, 2.24) is 5.32 Å². The zero-order valence-corrected chi connectivity index (χ0v) is 9.18. The van der Waals surface area contributed by atoms with Gasteiger partial charge in [-0.05, 0) is 18.8 Å². The standard InChI is InChI=1S/C9H15NO.C2H6/c1-6(2)8-5-4-7(3)10-9(8)11;1-2/h6,8H,3-5H2,1-2H3,(H,10,11);1-2H3. The summed E-state index contributed by atoms with van der Waals surface area (Å²) in [5, 5.41) is 2.78. The zero-order chi connectivity index (χ0) is 10.4. The quantitative estimate of drug-likeness (QED) is 0.665. The molecule has 0 spiro atoms. The summed E-state index contributed by atoms with van der Waals surface area (Å²) in [6, 6.07) is 0. The van der Waals surface area contributed by atoms with Crippen LogP contribution in [0.15, 0.2) is 12.3 Å². The molecule has 1 unspecified atom stereocenters. The van der Waals surface area contributed by atoms with Crippen LogP contribution in [0, 0.1) is 11.8 Å². The van der Waals surface area contributed by atoms with Gasteiger partial charge < -0.3 is 5.32 Å². The molecule has 0 aliphatic carbocycles. The lowest BCUT2D eigenvalue weighted by Crippen LogP contribution is -2.37. The van der Waals surface area contributed by atoms with Gasteiger partial charge in [-0.3, -0.25) is 4.79 Å². The number of carbonyl (C=O) groups is 1. The molecule has 2 nitrogen and oxygen atoms in total. The molecule has 1 amide bonds. The topological polar surface area (TPSA) is 29.1 Å². The van der Waals surface area contributed by atoms with Gasteiger partial charge in [0.2, 0.25) is 5.91 Å². The summed E-state index contributed by atoms with van der Waals surface area (Å²) in [6.45, 7) is 11.9. The molecular weight excluding hydrogens is 162 g/mol. The molecule has 1 aliphatic rings. The van der Waals surface area contributed by atoms with Crippen molar-refractivity contribution in [1.29, 1.82) is 0 Å². The summed E-state index contributed by atoms with van der Waals surface area (Å²) >= 11 is 0. The maximum absolute atomic E-state index is 11.3. The number of carbonyl (C=O) groups excluding carboxylic acids is 1. The zero-order valence-electron chi connectivity index (χ0n) is 9.18. The van der Waals surface area contributed by atoms with Crippen LogP contribution in [0.25, 0.3) is 0 Å². The van der Waals surface area contributed by atoms with Crippen LogP contribution in [0.3, 0.4) is 0 Å². The third-order valence-electron chi connectivity index (χ3n) is 2.20. The molecule has 1 heterocycles. The number of allylic oxidation sites excluding steroid dienone is 1. The second-order valence-electron chi connectivity index (χ2n) is 3.48. The average molecular weight is 183 g/mol. The maximum atomic E-state index is 11.3. The van der Waals surface area contributed by atoms with Gasteiger partial charge >= 0.3 is 0 Å². The number of piperidine rings is 1. The van der Waals surface area contributed by atoms with Crippen LogP contribution in [-0.2, 0) is 4.79 Å². The van der Waals surface area contributed by atoms with E-state index in [0.29, 0.717) is 5.92 Å². The molecule has 1 atom stereocenters. The Balaban J connectivity index is 0.000000671. The Morgan fingerprint density at radius 2 is 2.00 bits per heavy atom. The highest BCUT2D eigenvalue weighted by molar-refractivity contribution is 5.81. The lowest BCUT2D eigenvalue weighted by atomic mass is 9.87. The van der Waals surface area contributed by atoms with E-state index in [1.165, 1.54) is 0 Å². The maximum Gasteiger partial charge on any atom is 0.227 e. The first-order valence-corrected chi connectivity index (χ1v) is 5.10. The van der Waals surface area contributed by atoms with E-state index < -0.39 is 0 Å². The first kappa shape index (κ1) is 12.2. The molecule has 0 saturated carbocycles. The lowest BCUT2D eigenvalue weighted by Gasteiger charge is -2.25. The minimum Gasteiger partial charge on any atom is -0.330 e. The molecule has 0 bridgehead atoms. The van der Waals surface area contributed by atoms with E-state index in [2.05, 4.69) is 25.7 Å². The molecule has 13 heavy (non-hydrogen) atoms. The summed E-state index contributed by atoms with van der Waals surface area (Å²) in [6.07, 6.45) is 1.90. The van der Waals surface area contributed by atoms with E-state index >= 15 is 0 Å². The van der Waals surface area contributed by atoms with Gasteiger partial charge in [-0.25, -0.2) is 0 Å². The fourth-order valence-electron chi connectivity index (χ4n) is 1.43. The van der Waals surface area contributed by atoms with Crippen molar-refractivity contribution in [3.8, 4) is 0 Å². The number of hydrogen-bond donors (Lipinski definition) is 1. The molecule has 0 aromatic heterocycles. The van der Waals surface area contributed by atoms with Crippen LogP contribution in [-0.4, -0.2) is 5.91 Å². The van der Waals surface area contributed by atoms with Crippen molar-refractivity contribution >= 4 is 5.91 Å². The number of hydrogen-bond acceptors (Lipinski definition) is 1. The summed E-state index contributed by atoms with van der Waals surface area (Å²) in [5.74, 6) is 0.792. The summed E-state index contributed by atoms with van der Waals surface area (Å²) < 4.78 is 0. The van der Waals surface area contributed by atoms with Gasteiger partial charge in [0.05, 0.1) is 0 Å². The number of rotatable bonds is 1. The first-order chi connectivity index (χ1) is 6.11. The molecule has 0 radical (unpaired) electrons. The van der Waals surface area contributed by atoms with E-state index in [4.69, 9.17) is 0 Å². The lowest BCUT2D eigenvalue weighted by molar-refractivity contribution is -0.126. The van der Waals surface area contributed by atoms with Crippen molar-refractivity contribution in [2.24, 2.45) is 11.8 Å². The summed E-state index contributed by atoms with van der Waals surface area (Å²) in [5.41, 5.74) is 0.868. The molecule has 1 rings (SSSR count).